The Morgan fingerprint density at radius 3 is 2.70 bits per heavy atom. The van der Waals surface area contributed by atoms with E-state index in [2.05, 4.69) is 25.5 Å². The highest BCUT2D eigenvalue weighted by molar-refractivity contribution is 5.85. The van der Waals surface area contributed by atoms with Gasteiger partial charge in [-0.1, -0.05) is 0 Å². The van der Waals surface area contributed by atoms with Gasteiger partial charge < -0.3 is 31.7 Å². The number of pyridine rings is 1. The van der Waals surface area contributed by atoms with Crippen molar-refractivity contribution in [3.63, 3.8) is 0 Å². The SMILES string of the molecule is Cl.NCCCNCc1ccnc(Nc2ccn(CCOCCN3CCC(N)CC3)c(=O)n2)c1. The molecule has 0 radical (unpaired) electrons. The molecule has 1 fully saturated rings. The quantitative estimate of drug-likeness (QED) is 0.305. The summed E-state index contributed by atoms with van der Waals surface area (Å²) in [5.41, 5.74) is 12.2. The Kier molecular flexibility index (Phi) is 12.3. The Morgan fingerprint density at radius 2 is 1.94 bits per heavy atom. The molecule has 0 spiro atoms. The van der Waals surface area contributed by atoms with Crippen LogP contribution < -0.4 is 27.8 Å². The molecule has 0 bridgehead atoms. The van der Waals surface area contributed by atoms with Crippen molar-refractivity contribution in [2.45, 2.75) is 38.4 Å². The van der Waals surface area contributed by atoms with Crippen LogP contribution in [0.5, 0.6) is 0 Å². The molecule has 0 aromatic carbocycles. The van der Waals surface area contributed by atoms with E-state index < -0.39 is 0 Å². The topological polar surface area (TPSA) is 136 Å². The lowest BCUT2D eigenvalue weighted by Gasteiger charge is -2.29. The van der Waals surface area contributed by atoms with E-state index in [9.17, 15) is 4.79 Å². The molecule has 3 rings (SSSR count). The minimum absolute atomic E-state index is 0. The monoisotopic (exact) mass is 480 g/mol. The van der Waals surface area contributed by atoms with Crippen molar-refractivity contribution >= 4 is 24.0 Å². The summed E-state index contributed by atoms with van der Waals surface area (Å²) in [7, 11) is 0. The first-order chi connectivity index (χ1) is 15.6. The fraction of sp³-hybridized carbons (Fsp3) is 0.591. The first kappa shape index (κ1) is 27.2. The van der Waals surface area contributed by atoms with Gasteiger partial charge in [-0.3, -0.25) is 4.57 Å². The van der Waals surface area contributed by atoms with Gasteiger partial charge in [0, 0.05) is 31.5 Å². The van der Waals surface area contributed by atoms with Crippen LogP contribution in [-0.2, 0) is 17.8 Å². The van der Waals surface area contributed by atoms with Gasteiger partial charge >= 0.3 is 5.69 Å². The Labute approximate surface area is 201 Å². The molecule has 0 aliphatic carbocycles. The number of nitrogens with two attached hydrogens (primary N) is 2. The van der Waals surface area contributed by atoms with Crippen molar-refractivity contribution in [3.05, 3.63) is 46.6 Å². The van der Waals surface area contributed by atoms with E-state index in [4.69, 9.17) is 16.2 Å². The largest absolute Gasteiger partial charge is 0.378 e. The van der Waals surface area contributed by atoms with E-state index in [0.29, 0.717) is 44.0 Å². The molecule has 0 saturated carbocycles. The second-order valence-corrected chi connectivity index (χ2v) is 8.07. The van der Waals surface area contributed by atoms with E-state index in [0.717, 1.165) is 57.5 Å². The molecule has 2 aromatic heterocycles. The van der Waals surface area contributed by atoms with E-state index in [1.54, 1.807) is 23.0 Å². The van der Waals surface area contributed by atoms with E-state index in [1.165, 1.54) is 0 Å². The molecular formula is C22H37ClN8O2. The number of nitrogens with zero attached hydrogens (tertiary/aromatic N) is 4. The maximum atomic E-state index is 12.3. The van der Waals surface area contributed by atoms with Gasteiger partial charge in [-0.15, -0.1) is 12.4 Å². The summed E-state index contributed by atoms with van der Waals surface area (Å²) in [5.74, 6) is 1.12. The minimum Gasteiger partial charge on any atom is -0.378 e. The number of rotatable bonds is 13. The molecule has 6 N–H and O–H groups in total. The van der Waals surface area contributed by atoms with Crippen LogP contribution in [0.3, 0.4) is 0 Å². The second kappa shape index (κ2) is 14.9. The molecule has 10 nitrogen and oxygen atoms in total. The molecule has 184 valence electrons. The van der Waals surface area contributed by atoms with Crippen LogP contribution in [0.4, 0.5) is 11.6 Å². The number of nitrogens with one attached hydrogen (secondary N) is 2. The first-order valence-electron chi connectivity index (χ1n) is 11.4. The fourth-order valence-corrected chi connectivity index (χ4v) is 3.55. The van der Waals surface area contributed by atoms with Gasteiger partial charge in [-0.25, -0.2) is 9.78 Å². The van der Waals surface area contributed by atoms with Gasteiger partial charge in [0.05, 0.1) is 19.8 Å². The standard InChI is InChI=1S/C22H36N8O2.ClH/c23-6-1-7-25-17-18-2-8-26-21(16-18)27-20-5-11-30(22(31)28-20)13-15-32-14-12-29-9-3-19(24)4-10-29;/h2,5,8,11,16,19,25H,1,3-4,6-7,9-10,12-15,17,23-24H2,(H,26,27,28,31);1H. The number of hydrogen-bond donors (Lipinski definition) is 4. The molecule has 1 aliphatic heterocycles. The van der Waals surface area contributed by atoms with Gasteiger partial charge in [0.15, 0.2) is 0 Å². The first-order valence-corrected chi connectivity index (χ1v) is 11.4. The van der Waals surface area contributed by atoms with E-state index in [1.807, 2.05) is 12.1 Å². The number of aromatic nitrogens is 3. The third-order valence-electron chi connectivity index (χ3n) is 5.50. The summed E-state index contributed by atoms with van der Waals surface area (Å²) >= 11 is 0. The summed E-state index contributed by atoms with van der Waals surface area (Å²) in [6.45, 7) is 6.85. The van der Waals surface area contributed by atoms with Crippen molar-refractivity contribution < 1.29 is 4.74 Å². The fourth-order valence-electron chi connectivity index (χ4n) is 3.55. The zero-order valence-corrected chi connectivity index (χ0v) is 19.9. The molecule has 1 aliphatic rings. The smallest absolute Gasteiger partial charge is 0.349 e. The third-order valence-corrected chi connectivity index (χ3v) is 5.50. The maximum Gasteiger partial charge on any atom is 0.349 e. The second-order valence-electron chi connectivity index (χ2n) is 8.07. The zero-order valence-electron chi connectivity index (χ0n) is 19.1. The van der Waals surface area contributed by atoms with Gasteiger partial charge in [-0.2, -0.15) is 4.98 Å². The third kappa shape index (κ3) is 9.75. The van der Waals surface area contributed by atoms with Crippen molar-refractivity contribution in [1.29, 1.82) is 0 Å². The Morgan fingerprint density at radius 1 is 1.15 bits per heavy atom. The average Bonchev–Trinajstić information content (AvgIpc) is 2.79. The normalized spacial score (nSPS) is 14.7. The minimum atomic E-state index is -0.316. The summed E-state index contributed by atoms with van der Waals surface area (Å²) < 4.78 is 7.26. The summed E-state index contributed by atoms with van der Waals surface area (Å²) in [6, 6.07) is 6.00. The van der Waals surface area contributed by atoms with Crippen LogP contribution in [0.25, 0.3) is 0 Å². The highest BCUT2D eigenvalue weighted by atomic mass is 35.5. The highest BCUT2D eigenvalue weighted by Crippen LogP contribution is 2.12. The molecule has 0 amide bonds. The summed E-state index contributed by atoms with van der Waals surface area (Å²) in [5, 5.41) is 6.44. The lowest BCUT2D eigenvalue weighted by molar-refractivity contribution is 0.0886. The van der Waals surface area contributed by atoms with Crippen LogP contribution in [0.1, 0.15) is 24.8 Å². The molecule has 33 heavy (non-hydrogen) atoms. The van der Waals surface area contributed by atoms with Gasteiger partial charge in [0.1, 0.15) is 11.6 Å². The molecule has 3 heterocycles. The van der Waals surface area contributed by atoms with Crippen LogP contribution in [-0.4, -0.2) is 71.4 Å². The predicted molar refractivity (Wildman–Crippen MR) is 133 cm³/mol. The number of likely N-dealkylation sites (tertiary alicyclic amines) is 1. The van der Waals surface area contributed by atoms with Crippen LogP contribution >= 0.6 is 12.4 Å². The van der Waals surface area contributed by atoms with Crippen molar-refractivity contribution in [2.75, 3.05) is 51.3 Å². The van der Waals surface area contributed by atoms with Crippen molar-refractivity contribution in [1.82, 2.24) is 24.8 Å². The molecule has 0 unspecified atom stereocenters. The Bertz CT molecular complexity index is 873. The van der Waals surface area contributed by atoms with Crippen molar-refractivity contribution in [2.24, 2.45) is 11.5 Å². The lowest BCUT2D eigenvalue weighted by Crippen LogP contribution is -2.41. The highest BCUT2D eigenvalue weighted by Gasteiger charge is 2.15. The van der Waals surface area contributed by atoms with E-state index in [-0.39, 0.29) is 18.1 Å². The van der Waals surface area contributed by atoms with Crippen LogP contribution in [0.2, 0.25) is 0 Å². The van der Waals surface area contributed by atoms with Crippen molar-refractivity contribution in [3.8, 4) is 0 Å². The molecule has 1 saturated heterocycles. The Balaban J connectivity index is 0.00000385. The Hall–Kier alpha value is -2.08. The average molecular weight is 481 g/mol. The van der Waals surface area contributed by atoms with Crippen LogP contribution in [0, 0.1) is 0 Å². The van der Waals surface area contributed by atoms with Gasteiger partial charge in [0.25, 0.3) is 0 Å². The van der Waals surface area contributed by atoms with E-state index >= 15 is 0 Å². The van der Waals surface area contributed by atoms with Gasteiger partial charge in [-0.05, 0) is 69.2 Å². The van der Waals surface area contributed by atoms with Crippen LogP contribution in [0.15, 0.2) is 35.4 Å². The molecule has 11 heteroatoms. The number of anilines is 2. The zero-order chi connectivity index (χ0) is 22.6. The number of hydrogen-bond acceptors (Lipinski definition) is 9. The predicted octanol–water partition coefficient (Wildman–Crippen LogP) is 0.682. The summed E-state index contributed by atoms with van der Waals surface area (Å²) in [4.78, 5) is 23.1. The maximum absolute atomic E-state index is 12.3. The summed E-state index contributed by atoms with van der Waals surface area (Å²) in [6.07, 6.45) is 6.50. The molecular weight excluding hydrogens is 444 g/mol. The number of halogens is 1. The molecule has 2 aromatic rings. The number of ether oxygens (including phenoxy) is 1. The number of piperidine rings is 1. The molecule has 0 atom stereocenters. The van der Waals surface area contributed by atoms with Gasteiger partial charge in [0.2, 0.25) is 0 Å². The lowest BCUT2D eigenvalue weighted by atomic mass is 10.1.